The molecule has 5 rings (SSSR count). The van der Waals surface area contributed by atoms with Crippen molar-refractivity contribution in [3.63, 3.8) is 0 Å². The topological polar surface area (TPSA) is 65.4 Å². The van der Waals surface area contributed by atoms with E-state index in [1.807, 2.05) is 79.7 Å². The number of carbonyl (C=O) groups excluding carboxylic acids is 1. The van der Waals surface area contributed by atoms with Crippen LogP contribution >= 0.6 is 15.9 Å². The number of anilines is 1. The minimum Gasteiger partial charge on any atom is -0.497 e. The first-order chi connectivity index (χ1) is 16.0. The lowest BCUT2D eigenvalue weighted by atomic mass is 9.95. The molecule has 33 heavy (non-hydrogen) atoms. The van der Waals surface area contributed by atoms with Crippen LogP contribution in [0.5, 0.6) is 5.75 Å². The zero-order valence-electron chi connectivity index (χ0n) is 18.2. The number of rotatable bonds is 5. The molecule has 7 heteroatoms. The lowest BCUT2D eigenvalue weighted by Crippen LogP contribution is -2.28. The van der Waals surface area contributed by atoms with E-state index in [2.05, 4.69) is 25.8 Å². The third-order valence-corrected chi connectivity index (χ3v) is 6.29. The maximum atomic E-state index is 13.4. The van der Waals surface area contributed by atoms with E-state index < -0.39 is 0 Å². The van der Waals surface area contributed by atoms with E-state index in [1.165, 1.54) is 0 Å². The number of methoxy groups -OCH3 is 1. The fraction of sp³-hybridized carbons (Fsp3) is 0.154. The first-order valence-electron chi connectivity index (χ1n) is 10.6. The van der Waals surface area contributed by atoms with Gasteiger partial charge in [-0.2, -0.15) is 0 Å². The molecule has 0 bridgehead atoms. The second kappa shape index (κ2) is 8.75. The molecule has 1 aromatic heterocycles. The van der Waals surface area contributed by atoms with Gasteiger partial charge in [0.05, 0.1) is 29.8 Å². The summed E-state index contributed by atoms with van der Waals surface area (Å²) in [5.41, 5.74) is 4.95. The lowest BCUT2D eigenvalue weighted by Gasteiger charge is -2.30. The highest BCUT2D eigenvalue weighted by molar-refractivity contribution is 9.10. The summed E-state index contributed by atoms with van der Waals surface area (Å²) in [6, 6.07) is 23.0. The average molecular weight is 504 g/mol. The SMILES string of the molecule is COc1ccc(COC(=O)C2=C(C)Nc3nc4ccccc4n3C2c2ccc(Br)cc2)cc1. The van der Waals surface area contributed by atoms with E-state index in [-0.39, 0.29) is 18.6 Å². The van der Waals surface area contributed by atoms with Crippen LogP contribution in [0.1, 0.15) is 24.1 Å². The Bertz CT molecular complexity index is 1360. The molecule has 1 unspecified atom stereocenters. The zero-order valence-corrected chi connectivity index (χ0v) is 19.8. The second-order valence-corrected chi connectivity index (χ2v) is 8.75. The fourth-order valence-electron chi connectivity index (χ4n) is 4.14. The number of imidazole rings is 1. The molecule has 166 valence electrons. The molecule has 3 aromatic carbocycles. The molecular formula is C26H22BrN3O3. The molecule has 0 amide bonds. The molecule has 0 spiro atoms. The molecule has 1 N–H and O–H groups in total. The van der Waals surface area contributed by atoms with E-state index in [0.29, 0.717) is 11.5 Å². The molecule has 0 saturated heterocycles. The van der Waals surface area contributed by atoms with Gasteiger partial charge in [-0.05, 0) is 54.4 Å². The predicted octanol–water partition coefficient (Wildman–Crippen LogP) is 5.84. The molecule has 4 aromatic rings. The number of para-hydroxylation sites is 2. The maximum absolute atomic E-state index is 13.4. The largest absolute Gasteiger partial charge is 0.497 e. The Morgan fingerprint density at radius 1 is 1.06 bits per heavy atom. The Balaban J connectivity index is 1.53. The summed E-state index contributed by atoms with van der Waals surface area (Å²) in [4.78, 5) is 18.2. The van der Waals surface area contributed by atoms with Crippen molar-refractivity contribution in [1.29, 1.82) is 0 Å². The molecule has 0 aliphatic carbocycles. The number of hydrogen-bond acceptors (Lipinski definition) is 5. The van der Waals surface area contributed by atoms with Gasteiger partial charge in [0, 0.05) is 10.2 Å². The Morgan fingerprint density at radius 2 is 1.79 bits per heavy atom. The number of carbonyl (C=O) groups is 1. The first-order valence-corrected chi connectivity index (χ1v) is 11.3. The van der Waals surface area contributed by atoms with Crippen molar-refractivity contribution in [2.24, 2.45) is 0 Å². The van der Waals surface area contributed by atoms with E-state index in [4.69, 9.17) is 14.5 Å². The van der Waals surface area contributed by atoms with Crippen LogP contribution in [0.4, 0.5) is 5.95 Å². The standard InChI is InChI=1S/C26H22BrN3O3/c1-16-23(25(31)33-15-17-7-13-20(32-2)14-8-17)24(18-9-11-19(27)12-10-18)30-22-6-4-3-5-21(22)29-26(30)28-16/h3-14,24H,15H2,1-2H3,(H,28,29). The van der Waals surface area contributed by atoms with Crippen molar-refractivity contribution in [3.8, 4) is 5.75 Å². The normalized spacial score (nSPS) is 15.2. The van der Waals surface area contributed by atoms with Gasteiger partial charge in [-0.1, -0.05) is 52.3 Å². The Hall–Kier alpha value is -3.58. The number of nitrogens with zero attached hydrogens (tertiary/aromatic N) is 2. The number of nitrogens with one attached hydrogen (secondary N) is 1. The average Bonchev–Trinajstić information content (AvgIpc) is 3.20. The summed E-state index contributed by atoms with van der Waals surface area (Å²) in [5, 5.41) is 3.31. The number of benzene rings is 3. The number of esters is 1. The van der Waals surface area contributed by atoms with Gasteiger partial charge >= 0.3 is 5.97 Å². The summed E-state index contributed by atoms with van der Waals surface area (Å²) < 4.78 is 14.0. The molecule has 0 fully saturated rings. The highest BCUT2D eigenvalue weighted by Gasteiger charge is 2.35. The van der Waals surface area contributed by atoms with E-state index in [0.717, 1.165) is 38.1 Å². The van der Waals surface area contributed by atoms with Crippen LogP contribution in [-0.2, 0) is 16.1 Å². The van der Waals surface area contributed by atoms with Crippen LogP contribution in [-0.4, -0.2) is 22.6 Å². The van der Waals surface area contributed by atoms with Crippen molar-refractivity contribution in [2.75, 3.05) is 12.4 Å². The molecule has 6 nitrogen and oxygen atoms in total. The Kier molecular flexibility index (Phi) is 5.64. The van der Waals surface area contributed by atoms with Crippen LogP contribution < -0.4 is 10.1 Å². The van der Waals surface area contributed by atoms with Crippen LogP contribution in [0, 0.1) is 0 Å². The maximum Gasteiger partial charge on any atom is 0.338 e. The van der Waals surface area contributed by atoms with E-state index >= 15 is 0 Å². The monoisotopic (exact) mass is 503 g/mol. The van der Waals surface area contributed by atoms with Crippen LogP contribution in [0.25, 0.3) is 11.0 Å². The fourth-order valence-corrected chi connectivity index (χ4v) is 4.40. The van der Waals surface area contributed by atoms with Crippen LogP contribution in [0.2, 0.25) is 0 Å². The van der Waals surface area contributed by atoms with Gasteiger partial charge < -0.3 is 14.8 Å². The molecule has 1 atom stereocenters. The smallest absolute Gasteiger partial charge is 0.338 e. The minimum atomic E-state index is -0.370. The van der Waals surface area contributed by atoms with Gasteiger partial charge in [-0.25, -0.2) is 9.78 Å². The second-order valence-electron chi connectivity index (χ2n) is 7.84. The van der Waals surface area contributed by atoms with Crippen molar-refractivity contribution < 1.29 is 14.3 Å². The molecule has 2 heterocycles. The quantitative estimate of drug-likeness (QED) is 0.346. The number of aromatic nitrogens is 2. The molecular weight excluding hydrogens is 482 g/mol. The zero-order chi connectivity index (χ0) is 22.9. The van der Waals surface area contributed by atoms with E-state index in [1.54, 1.807) is 7.11 Å². The van der Waals surface area contributed by atoms with Gasteiger partial charge in [0.15, 0.2) is 0 Å². The number of ether oxygens (including phenoxy) is 2. The summed E-state index contributed by atoms with van der Waals surface area (Å²) in [5.74, 6) is 1.09. The predicted molar refractivity (Wildman–Crippen MR) is 131 cm³/mol. The van der Waals surface area contributed by atoms with Gasteiger partial charge in [-0.15, -0.1) is 0 Å². The molecule has 0 radical (unpaired) electrons. The van der Waals surface area contributed by atoms with Crippen molar-refractivity contribution in [3.05, 3.63) is 99.7 Å². The lowest BCUT2D eigenvalue weighted by molar-refractivity contribution is -0.140. The van der Waals surface area contributed by atoms with Gasteiger partial charge in [-0.3, -0.25) is 4.57 Å². The Morgan fingerprint density at radius 3 is 2.52 bits per heavy atom. The van der Waals surface area contributed by atoms with Gasteiger partial charge in [0.2, 0.25) is 5.95 Å². The third-order valence-electron chi connectivity index (χ3n) is 5.77. The summed E-state index contributed by atoms with van der Waals surface area (Å²) in [7, 11) is 1.62. The van der Waals surface area contributed by atoms with Crippen LogP contribution in [0.3, 0.4) is 0 Å². The number of hydrogen-bond donors (Lipinski definition) is 1. The van der Waals surface area contributed by atoms with Gasteiger partial charge in [0.25, 0.3) is 0 Å². The van der Waals surface area contributed by atoms with Crippen molar-refractivity contribution in [1.82, 2.24) is 9.55 Å². The minimum absolute atomic E-state index is 0.171. The highest BCUT2D eigenvalue weighted by atomic mass is 79.9. The summed E-state index contributed by atoms with van der Waals surface area (Å²) in [6.07, 6.45) is 0. The first kappa shape index (κ1) is 21.3. The molecule has 1 aliphatic heterocycles. The Labute approximate surface area is 200 Å². The highest BCUT2D eigenvalue weighted by Crippen LogP contribution is 2.39. The van der Waals surface area contributed by atoms with Crippen molar-refractivity contribution >= 4 is 38.9 Å². The molecule has 0 saturated carbocycles. The third kappa shape index (κ3) is 4.00. The van der Waals surface area contributed by atoms with Gasteiger partial charge in [0.1, 0.15) is 12.4 Å². The number of halogens is 1. The van der Waals surface area contributed by atoms with Crippen molar-refractivity contribution in [2.45, 2.75) is 19.6 Å². The van der Waals surface area contributed by atoms with Crippen LogP contribution in [0.15, 0.2) is 88.5 Å². The van der Waals surface area contributed by atoms with E-state index in [9.17, 15) is 4.79 Å². The summed E-state index contributed by atoms with van der Waals surface area (Å²) >= 11 is 3.51. The number of allylic oxidation sites excluding steroid dienone is 1. The summed E-state index contributed by atoms with van der Waals surface area (Å²) in [6.45, 7) is 2.06. The number of fused-ring (bicyclic) bond motifs is 3. The molecule has 1 aliphatic rings.